The van der Waals surface area contributed by atoms with E-state index in [2.05, 4.69) is 41.0 Å². The van der Waals surface area contributed by atoms with Crippen LogP contribution in [-0.4, -0.2) is 41.8 Å². The Bertz CT molecular complexity index is 1280. The van der Waals surface area contributed by atoms with Gasteiger partial charge in [0.05, 0.1) is 10.0 Å². The molecule has 2 aromatic rings. The highest BCUT2D eigenvalue weighted by molar-refractivity contribution is 6.42. The van der Waals surface area contributed by atoms with Crippen LogP contribution in [0.2, 0.25) is 10.0 Å². The van der Waals surface area contributed by atoms with Crippen LogP contribution in [0, 0.1) is 17.8 Å². The molecule has 8 heteroatoms. The van der Waals surface area contributed by atoms with E-state index in [9.17, 15) is 9.59 Å². The summed E-state index contributed by atoms with van der Waals surface area (Å²) in [5.74, 6) is 1.11. The van der Waals surface area contributed by atoms with E-state index in [1.807, 2.05) is 19.2 Å². The first-order valence-electron chi connectivity index (χ1n) is 18.3. The first-order chi connectivity index (χ1) is 23.3. The molecule has 2 aromatic carbocycles. The number of hydrogen-bond acceptors (Lipinski definition) is 4. The van der Waals surface area contributed by atoms with Gasteiger partial charge in [0.15, 0.2) is 0 Å². The maximum Gasteiger partial charge on any atom is 0.328 e. The molecule has 1 aliphatic heterocycles. The molecule has 3 atom stereocenters. The number of rotatable bonds is 8. The minimum atomic E-state index is -1.26. The average Bonchev–Trinajstić information content (AvgIpc) is 3.12. The Morgan fingerprint density at radius 1 is 0.771 bits per heavy atom. The number of aliphatic carboxylic acids is 2. The molecule has 0 amide bonds. The predicted octanol–water partition coefficient (Wildman–Crippen LogP) is 10.2. The van der Waals surface area contributed by atoms with Gasteiger partial charge in [0, 0.05) is 30.2 Å². The summed E-state index contributed by atoms with van der Waals surface area (Å²) in [7, 11) is 2.03. The number of carbonyl (C=O) groups is 2. The van der Waals surface area contributed by atoms with E-state index in [0.29, 0.717) is 34.2 Å². The highest BCUT2D eigenvalue weighted by atomic mass is 35.5. The molecule has 0 spiro atoms. The molecule has 0 bridgehead atoms. The largest absolute Gasteiger partial charge is 0.478 e. The van der Waals surface area contributed by atoms with Crippen molar-refractivity contribution in [2.75, 3.05) is 13.6 Å². The van der Waals surface area contributed by atoms with Crippen LogP contribution in [0.25, 0.3) is 0 Å². The molecule has 1 unspecified atom stereocenters. The van der Waals surface area contributed by atoms with E-state index in [1.165, 1.54) is 87.4 Å². The van der Waals surface area contributed by atoms with Gasteiger partial charge in [0.2, 0.25) is 0 Å². The van der Waals surface area contributed by atoms with Crippen LogP contribution in [-0.2, 0) is 9.59 Å². The fraction of sp³-hybridized carbons (Fsp3) is 0.600. The number of benzene rings is 2. The minimum absolute atomic E-state index is 0.408. The van der Waals surface area contributed by atoms with Gasteiger partial charge >= 0.3 is 11.9 Å². The third kappa shape index (κ3) is 11.9. The molecule has 6 nitrogen and oxygen atoms in total. The van der Waals surface area contributed by atoms with Crippen LogP contribution < -0.4 is 10.6 Å². The Balaban J connectivity index is 0.000000178. The minimum Gasteiger partial charge on any atom is -0.478 e. The topological polar surface area (TPSA) is 98.7 Å². The molecule has 264 valence electrons. The maximum atomic E-state index is 9.55. The summed E-state index contributed by atoms with van der Waals surface area (Å²) in [6.07, 6.45) is 24.5. The molecule has 0 radical (unpaired) electrons. The van der Waals surface area contributed by atoms with Gasteiger partial charge in [-0.2, -0.15) is 0 Å². The lowest BCUT2D eigenvalue weighted by atomic mass is 9.67. The van der Waals surface area contributed by atoms with Gasteiger partial charge in [0.1, 0.15) is 0 Å². The first-order valence-corrected chi connectivity index (χ1v) is 19.1. The number of hydrogen-bond donors (Lipinski definition) is 4. The lowest BCUT2D eigenvalue weighted by Gasteiger charge is -2.40. The maximum absolute atomic E-state index is 9.55. The summed E-state index contributed by atoms with van der Waals surface area (Å²) in [4.78, 5) is 19.1. The quantitative estimate of drug-likeness (QED) is 0.205. The second kappa shape index (κ2) is 20.3. The molecule has 1 saturated heterocycles. The normalized spacial score (nSPS) is 23.4. The van der Waals surface area contributed by atoms with E-state index in [4.69, 9.17) is 33.4 Å². The summed E-state index contributed by atoms with van der Waals surface area (Å²) in [6, 6.07) is 16.0. The third-order valence-electron chi connectivity index (χ3n) is 11.0. The number of piperidine rings is 1. The Morgan fingerprint density at radius 3 is 1.88 bits per heavy atom. The van der Waals surface area contributed by atoms with Gasteiger partial charge in [-0.1, -0.05) is 124 Å². The second-order valence-electron chi connectivity index (χ2n) is 14.1. The van der Waals surface area contributed by atoms with E-state index in [-0.39, 0.29) is 0 Å². The molecule has 2 saturated carbocycles. The Kier molecular flexibility index (Phi) is 16.3. The molecular weight excluding hydrogens is 643 g/mol. The van der Waals surface area contributed by atoms with Crippen LogP contribution >= 0.6 is 23.2 Å². The molecular formula is C40H56Cl2N2O4. The number of halogens is 2. The van der Waals surface area contributed by atoms with Crippen LogP contribution in [0.4, 0.5) is 0 Å². The zero-order chi connectivity index (χ0) is 34.3. The highest BCUT2D eigenvalue weighted by Crippen LogP contribution is 2.43. The van der Waals surface area contributed by atoms with E-state index >= 15 is 0 Å². The summed E-state index contributed by atoms with van der Waals surface area (Å²) in [6.45, 7) is 1.28. The second-order valence-corrected chi connectivity index (χ2v) is 14.9. The van der Waals surface area contributed by atoms with Crippen LogP contribution in [0.3, 0.4) is 0 Å². The number of carboxylic acid groups (broad SMARTS) is 2. The highest BCUT2D eigenvalue weighted by Gasteiger charge is 2.33. The van der Waals surface area contributed by atoms with Crippen molar-refractivity contribution < 1.29 is 19.8 Å². The van der Waals surface area contributed by atoms with E-state index in [0.717, 1.165) is 36.6 Å². The van der Waals surface area contributed by atoms with Crippen LogP contribution in [0.5, 0.6) is 0 Å². The van der Waals surface area contributed by atoms with Gasteiger partial charge in [-0.3, -0.25) is 0 Å². The van der Waals surface area contributed by atoms with Gasteiger partial charge in [-0.15, -0.1) is 0 Å². The van der Waals surface area contributed by atoms with Gasteiger partial charge in [-0.25, -0.2) is 9.59 Å². The van der Waals surface area contributed by atoms with Crippen molar-refractivity contribution in [2.45, 2.75) is 121 Å². The molecule has 1 heterocycles. The zero-order valence-corrected chi connectivity index (χ0v) is 30.2. The molecule has 3 aliphatic carbocycles. The van der Waals surface area contributed by atoms with Crippen molar-refractivity contribution in [3.8, 4) is 0 Å². The third-order valence-corrected chi connectivity index (χ3v) is 11.8. The predicted molar refractivity (Wildman–Crippen MR) is 197 cm³/mol. The molecule has 48 heavy (non-hydrogen) atoms. The molecule has 4 aliphatic rings. The molecule has 3 fully saturated rings. The summed E-state index contributed by atoms with van der Waals surface area (Å²) < 4.78 is 0. The number of nitrogens with one attached hydrogen (secondary N) is 2. The van der Waals surface area contributed by atoms with Crippen molar-refractivity contribution in [2.24, 2.45) is 17.8 Å². The summed E-state index contributed by atoms with van der Waals surface area (Å²) >= 11 is 12.2. The monoisotopic (exact) mass is 698 g/mol. The smallest absolute Gasteiger partial charge is 0.328 e. The van der Waals surface area contributed by atoms with Crippen molar-refractivity contribution in [3.05, 3.63) is 81.4 Å². The van der Waals surface area contributed by atoms with Crippen LogP contribution in [0.15, 0.2) is 54.6 Å². The van der Waals surface area contributed by atoms with Crippen molar-refractivity contribution >= 4 is 35.1 Å². The standard InChI is InChI=1S/C19H35N.C17H17Cl2N.C4H4O4/c1-3-9-16(10-4-1)19(17-11-5-2-6-12-17)15-18-13-7-8-14-20-18;1-20-17-9-7-12(13-4-2-3-5-14(13)17)11-6-8-15(18)16(19)10-11;5-3(6)1-2-4(7)8/h16-20H,1-15H2;2-6,8,10,12,17,20H,7,9H2,1H3;1-2H,(H,5,6)(H,7,8)/b;;2-1-/t;12-,17-;/m.0./s1. The SMILES string of the molecule is C1CCC(C(CC2CCCCN2)C2CCCCC2)CC1.CN[C@H]1CC[C@@H](c2ccc(Cl)c(Cl)c2)c2ccccc21.O=C(O)/C=C\C(=O)O. The van der Waals surface area contributed by atoms with Gasteiger partial charge in [-0.05, 0) is 92.3 Å². The van der Waals surface area contributed by atoms with E-state index < -0.39 is 11.9 Å². The lowest BCUT2D eigenvalue weighted by Crippen LogP contribution is -2.39. The average molecular weight is 700 g/mol. The summed E-state index contributed by atoms with van der Waals surface area (Å²) in [5.41, 5.74) is 4.05. The lowest BCUT2D eigenvalue weighted by molar-refractivity contribution is -0.134. The fourth-order valence-electron chi connectivity index (χ4n) is 8.66. The molecule has 4 N–H and O–H groups in total. The van der Waals surface area contributed by atoms with Crippen molar-refractivity contribution in [3.63, 3.8) is 0 Å². The number of fused-ring (bicyclic) bond motifs is 1. The molecule has 6 rings (SSSR count). The van der Waals surface area contributed by atoms with Crippen molar-refractivity contribution in [1.82, 2.24) is 10.6 Å². The first kappa shape index (κ1) is 38.4. The van der Waals surface area contributed by atoms with E-state index in [1.54, 1.807) is 25.7 Å². The zero-order valence-electron chi connectivity index (χ0n) is 28.6. The van der Waals surface area contributed by atoms with Gasteiger partial charge < -0.3 is 20.8 Å². The molecule has 0 aromatic heterocycles. The summed E-state index contributed by atoms with van der Waals surface area (Å²) in [5, 5.41) is 24.1. The van der Waals surface area contributed by atoms with Crippen LogP contribution in [0.1, 0.15) is 131 Å². The number of carboxylic acids is 2. The Labute approximate surface area is 298 Å². The van der Waals surface area contributed by atoms with Crippen molar-refractivity contribution in [1.29, 1.82) is 0 Å². The Hall–Kier alpha value is -2.38. The Morgan fingerprint density at radius 2 is 1.35 bits per heavy atom. The van der Waals surface area contributed by atoms with Gasteiger partial charge in [0.25, 0.3) is 0 Å². The fourth-order valence-corrected chi connectivity index (χ4v) is 8.96.